The largest absolute Gasteiger partial charge is 0.507 e. The number of hydrogen-bond acceptors (Lipinski definition) is 5. The lowest BCUT2D eigenvalue weighted by Crippen LogP contribution is -2.54. The molecule has 0 bridgehead atoms. The first kappa shape index (κ1) is 29.0. The first-order chi connectivity index (χ1) is 16.5. The van der Waals surface area contributed by atoms with Crippen molar-refractivity contribution in [2.45, 2.75) is 72.6 Å². The molecule has 196 valence electrons. The summed E-state index contributed by atoms with van der Waals surface area (Å²) < 4.78 is 5.23. The van der Waals surface area contributed by atoms with E-state index in [0.29, 0.717) is 16.3 Å². The van der Waals surface area contributed by atoms with Crippen LogP contribution in [0.5, 0.6) is 5.75 Å². The van der Waals surface area contributed by atoms with E-state index in [1.807, 2.05) is 0 Å². The quantitative estimate of drug-likeness (QED) is 0.469. The maximum absolute atomic E-state index is 13.8. The summed E-state index contributed by atoms with van der Waals surface area (Å²) in [6.45, 7) is 13.6. The van der Waals surface area contributed by atoms with E-state index < -0.39 is 41.6 Å². The number of ether oxygens (including phenoxy) is 1. The number of hydrogen-bond donors (Lipinski definition) is 3. The molecule has 3 amide bonds. The molecule has 0 fully saturated rings. The molecular formula is C27H36ClN3O5. The molecule has 0 aliphatic heterocycles. The zero-order chi connectivity index (χ0) is 27.4. The van der Waals surface area contributed by atoms with Gasteiger partial charge in [0.2, 0.25) is 5.91 Å². The number of phenols is 1. The van der Waals surface area contributed by atoms with Gasteiger partial charge < -0.3 is 25.4 Å². The number of nitrogens with zero attached hydrogens (tertiary/aromatic N) is 1. The smallest absolute Gasteiger partial charge is 0.408 e. The van der Waals surface area contributed by atoms with Crippen LogP contribution in [0.15, 0.2) is 36.4 Å². The van der Waals surface area contributed by atoms with Gasteiger partial charge in [-0.1, -0.05) is 41.9 Å². The highest BCUT2D eigenvalue weighted by Gasteiger charge is 2.40. The Hall–Kier alpha value is -3.26. The number of benzene rings is 2. The molecule has 2 aromatic carbocycles. The Labute approximate surface area is 218 Å². The summed E-state index contributed by atoms with van der Waals surface area (Å²) in [6.07, 6.45) is -0.754. The second kappa shape index (κ2) is 11.2. The Morgan fingerprint density at radius 1 is 1.00 bits per heavy atom. The van der Waals surface area contributed by atoms with Crippen molar-refractivity contribution >= 4 is 35.2 Å². The van der Waals surface area contributed by atoms with Gasteiger partial charge in [0.25, 0.3) is 5.91 Å². The number of amides is 3. The third-order valence-corrected chi connectivity index (χ3v) is 5.63. The number of aromatic hydroxyl groups is 1. The molecule has 36 heavy (non-hydrogen) atoms. The Morgan fingerprint density at radius 3 is 2.14 bits per heavy atom. The van der Waals surface area contributed by atoms with Crippen LogP contribution >= 0.6 is 11.6 Å². The number of halogens is 1. The van der Waals surface area contributed by atoms with Gasteiger partial charge in [-0.05, 0) is 72.6 Å². The van der Waals surface area contributed by atoms with Crippen molar-refractivity contribution in [3.8, 4) is 5.75 Å². The Kier molecular flexibility index (Phi) is 9.02. The van der Waals surface area contributed by atoms with E-state index in [1.165, 1.54) is 4.90 Å². The van der Waals surface area contributed by atoms with Gasteiger partial charge in [0, 0.05) is 11.1 Å². The van der Waals surface area contributed by atoms with Crippen LogP contribution in [-0.4, -0.2) is 45.6 Å². The van der Waals surface area contributed by atoms with Gasteiger partial charge in [-0.15, -0.1) is 0 Å². The van der Waals surface area contributed by atoms with Crippen LogP contribution in [0.3, 0.4) is 0 Å². The monoisotopic (exact) mass is 517 g/mol. The topological polar surface area (TPSA) is 108 Å². The molecule has 0 spiro atoms. The number of para-hydroxylation sites is 2. The number of anilines is 1. The SMILES string of the molecule is Cc1cccc(C(C(=O)Nc2c(C)cccc2Cl)N(C(=O)CNC(=O)OC(C)(C)C)C(C)(C)C)c1O. The normalized spacial score (nSPS) is 12.5. The van der Waals surface area contributed by atoms with Crippen LogP contribution in [0.4, 0.5) is 10.5 Å². The molecule has 0 heterocycles. The summed E-state index contributed by atoms with van der Waals surface area (Å²) in [4.78, 5) is 40.9. The van der Waals surface area contributed by atoms with Gasteiger partial charge in [0.05, 0.1) is 10.7 Å². The van der Waals surface area contributed by atoms with Crippen LogP contribution in [0.1, 0.15) is 64.3 Å². The Balaban J connectivity index is 2.53. The highest BCUT2D eigenvalue weighted by atomic mass is 35.5. The highest BCUT2D eigenvalue weighted by Crippen LogP contribution is 2.37. The minimum absolute atomic E-state index is 0.101. The summed E-state index contributed by atoms with van der Waals surface area (Å²) in [6, 6.07) is 9.01. The summed E-state index contributed by atoms with van der Waals surface area (Å²) in [5.74, 6) is -1.20. The van der Waals surface area contributed by atoms with Crippen molar-refractivity contribution in [1.29, 1.82) is 0 Å². The first-order valence-corrected chi connectivity index (χ1v) is 12.0. The molecule has 0 aliphatic carbocycles. The maximum atomic E-state index is 13.8. The fourth-order valence-corrected chi connectivity index (χ4v) is 4.00. The molecule has 0 aromatic heterocycles. The van der Waals surface area contributed by atoms with Crippen molar-refractivity contribution in [3.63, 3.8) is 0 Å². The lowest BCUT2D eigenvalue weighted by atomic mass is 9.94. The number of carbonyl (C=O) groups is 3. The van der Waals surface area contributed by atoms with E-state index in [9.17, 15) is 19.5 Å². The fraction of sp³-hybridized carbons (Fsp3) is 0.444. The first-order valence-electron chi connectivity index (χ1n) is 11.7. The third-order valence-electron chi connectivity index (χ3n) is 5.31. The van der Waals surface area contributed by atoms with E-state index in [0.717, 1.165) is 5.56 Å². The Morgan fingerprint density at radius 2 is 1.58 bits per heavy atom. The van der Waals surface area contributed by atoms with Crippen LogP contribution in [-0.2, 0) is 14.3 Å². The van der Waals surface area contributed by atoms with E-state index >= 15 is 0 Å². The number of rotatable bonds is 6. The van der Waals surface area contributed by atoms with Crippen LogP contribution in [0, 0.1) is 13.8 Å². The van der Waals surface area contributed by atoms with Gasteiger partial charge in [-0.2, -0.15) is 0 Å². The maximum Gasteiger partial charge on any atom is 0.408 e. The summed E-state index contributed by atoms with van der Waals surface area (Å²) >= 11 is 6.34. The second-order valence-corrected chi connectivity index (χ2v) is 11.0. The third kappa shape index (κ3) is 7.37. The highest BCUT2D eigenvalue weighted by molar-refractivity contribution is 6.34. The predicted octanol–water partition coefficient (Wildman–Crippen LogP) is 5.49. The van der Waals surface area contributed by atoms with E-state index in [-0.39, 0.29) is 11.3 Å². The van der Waals surface area contributed by atoms with E-state index in [4.69, 9.17) is 16.3 Å². The number of aryl methyl sites for hydroxylation is 2. The van der Waals surface area contributed by atoms with Gasteiger partial charge in [0.15, 0.2) is 0 Å². The summed E-state index contributed by atoms with van der Waals surface area (Å²) in [7, 11) is 0. The molecular weight excluding hydrogens is 482 g/mol. The standard InChI is InChI=1S/C27H36ClN3O5/c1-16-11-10-14-19(28)21(16)30-24(34)22(18-13-9-12-17(2)23(18)33)31(26(3,4)5)20(32)15-29-25(35)36-27(6,7)8/h9-14,22,33H,15H2,1-8H3,(H,29,35)(H,30,34). The fourth-order valence-electron chi connectivity index (χ4n) is 3.73. The van der Waals surface area contributed by atoms with Crippen LogP contribution in [0.25, 0.3) is 0 Å². The second-order valence-electron chi connectivity index (χ2n) is 10.6. The molecule has 0 radical (unpaired) electrons. The summed E-state index contributed by atoms with van der Waals surface area (Å²) in [5.41, 5.74) is 0.336. The minimum Gasteiger partial charge on any atom is -0.507 e. The van der Waals surface area contributed by atoms with Crippen LogP contribution < -0.4 is 10.6 Å². The predicted molar refractivity (Wildman–Crippen MR) is 141 cm³/mol. The number of nitrogens with one attached hydrogen (secondary N) is 2. The lowest BCUT2D eigenvalue weighted by molar-refractivity contribution is -0.144. The lowest BCUT2D eigenvalue weighted by Gasteiger charge is -2.41. The number of carbonyl (C=O) groups excluding carboxylic acids is 3. The van der Waals surface area contributed by atoms with Crippen molar-refractivity contribution in [1.82, 2.24) is 10.2 Å². The van der Waals surface area contributed by atoms with Gasteiger partial charge in [-0.25, -0.2) is 4.79 Å². The average molecular weight is 518 g/mol. The van der Waals surface area contributed by atoms with Crippen molar-refractivity contribution < 1.29 is 24.2 Å². The molecule has 0 saturated heterocycles. The van der Waals surface area contributed by atoms with Crippen molar-refractivity contribution in [2.24, 2.45) is 0 Å². The minimum atomic E-state index is -1.23. The van der Waals surface area contributed by atoms with E-state index in [2.05, 4.69) is 10.6 Å². The van der Waals surface area contributed by atoms with Gasteiger partial charge in [0.1, 0.15) is 23.9 Å². The van der Waals surface area contributed by atoms with Crippen molar-refractivity contribution in [3.05, 3.63) is 58.1 Å². The molecule has 2 rings (SSSR count). The molecule has 9 heteroatoms. The number of phenolic OH excluding ortho intramolecular Hbond substituents is 1. The summed E-state index contributed by atoms with van der Waals surface area (Å²) in [5, 5.41) is 16.5. The molecule has 0 aliphatic rings. The van der Waals surface area contributed by atoms with Gasteiger partial charge >= 0.3 is 6.09 Å². The molecule has 1 unspecified atom stereocenters. The van der Waals surface area contributed by atoms with Crippen LogP contribution in [0.2, 0.25) is 5.02 Å². The zero-order valence-electron chi connectivity index (χ0n) is 22.2. The number of alkyl carbamates (subject to hydrolysis) is 1. The van der Waals surface area contributed by atoms with Crippen molar-refractivity contribution in [2.75, 3.05) is 11.9 Å². The molecule has 8 nitrogen and oxygen atoms in total. The average Bonchev–Trinajstić information content (AvgIpc) is 2.73. The molecule has 0 saturated carbocycles. The molecule has 1 atom stereocenters. The zero-order valence-corrected chi connectivity index (χ0v) is 22.9. The van der Waals surface area contributed by atoms with Gasteiger partial charge in [-0.3, -0.25) is 9.59 Å². The molecule has 3 N–H and O–H groups in total. The molecule has 2 aromatic rings. The Bertz CT molecular complexity index is 1110. The van der Waals surface area contributed by atoms with E-state index in [1.54, 1.807) is 91.8 Å².